The number of carbonyl (C=O) groups excluding carboxylic acids is 1. The fraction of sp³-hybridized carbons (Fsp3) is 0.550. The zero-order valence-corrected chi connectivity index (χ0v) is 18.9. The van der Waals surface area contributed by atoms with Crippen molar-refractivity contribution in [3.63, 3.8) is 0 Å². The molecule has 0 saturated heterocycles. The highest BCUT2D eigenvalue weighted by molar-refractivity contribution is 7.89. The van der Waals surface area contributed by atoms with Crippen LogP contribution >= 0.6 is 0 Å². The van der Waals surface area contributed by atoms with Gasteiger partial charge in [0.1, 0.15) is 11.4 Å². The van der Waals surface area contributed by atoms with Gasteiger partial charge in [-0.1, -0.05) is 6.92 Å². The van der Waals surface area contributed by atoms with Gasteiger partial charge in [0, 0.05) is 54.2 Å². The highest BCUT2D eigenvalue weighted by atomic mass is 32.2. The Labute approximate surface area is 187 Å². The molecule has 8 nitrogen and oxygen atoms in total. The normalized spacial score (nSPS) is 23.3. The molecule has 180 valence electrons. The number of halogens is 4. The fourth-order valence-corrected chi connectivity index (χ4v) is 5.50. The van der Waals surface area contributed by atoms with Crippen LogP contribution in [0.3, 0.4) is 0 Å². The number of hydrogen-bond donors (Lipinski definition) is 2. The van der Waals surface area contributed by atoms with Crippen molar-refractivity contribution in [2.24, 2.45) is 16.0 Å². The molecule has 1 amide bonds. The number of aromatic nitrogens is 3. The van der Waals surface area contributed by atoms with Gasteiger partial charge in [-0.2, -0.15) is 13.9 Å². The van der Waals surface area contributed by atoms with Crippen molar-refractivity contribution in [3.8, 4) is 0 Å². The summed E-state index contributed by atoms with van der Waals surface area (Å²) in [4.78, 5) is 16.7. The first-order valence-electron chi connectivity index (χ1n) is 10.1. The summed E-state index contributed by atoms with van der Waals surface area (Å²) in [5.74, 6) is -7.06. The summed E-state index contributed by atoms with van der Waals surface area (Å²) in [6.07, 6.45) is 1.32. The minimum absolute atomic E-state index is 0.0102. The first kappa shape index (κ1) is 23.6. The van der Waals surface area contributed by atoms with Gasteiger partial charge < -0.3 is 5.32 Å². The minimum Gasteiger partial charge on any atom is -0.321 e. The molecule has 2 aliphatic carbocycles. The van der Waals surface area contributed by atoms with Crippen LogP contribution in [0.25, 0.3) is 0 Å². The van der Waals surface area contributed by atoms with E-state index >= 15 is 0 Å². The lowest BCUT2D eigenvalue weighted by molar-refractivity contribution is -0.243. The molecule has 2 fully saturated rings. The number of rotatable bonds is 6. The van der Waals surface area contributed by atoms with Gasteiger partial charge in [-0.15, -0.1) is 0 Å². The number of carbonyl (C=O) groups is 1. The number of amides is 1. The first-order chi connectivity index (χ1) is 15.0. The number of hydrogen-bond acceptors (Lipinski definition) is 5. The highest BCUT2D eigenvalue weighted by Gasteiger charge is 2.79. The summed E-state index contributed by atoms with van der Waals surface area (Å²) in [6.45, 7) is 3.46. The van der Waals surface area contributed by atoms with Gasteiger partial charge in [-0.3, -0.25) is 9.48 Å². The Morgan fingerprint density at radius 1 is 1.33 bits per heavy atom. The maximum atomic E-state index is 14.2. The molecule has 2 aliphatic rings. The van der Waals surface area contributed by atoms with E-state index in [1.165, 1.54) is 13.0 Å². The van der Waals surface area contributed by atoms with E-state index in [0.717, 1.165) is 16.9 Å². The fourth-order valence-electron chi connectivity index (χ4n) is 5.00. The summed E-state index contributed by atoms with van der Waals surface area (Å²) in [6, 6.07) is 2.32. The van der Waals surface area contributed by atoms with Gasteiger partial charge in [0.05, 0.1) is 0 Å². The van der Waals surface area contributed by atoms with Crippen LogP contribution in [0.1, 0.15) is 54.9 Å². The van der Waals surface area contributed by atoms with Gasteiger partial charge in [0.2, 0.25) is 0 Å². The summed E-state index contributed by atoms with van der Waals surface area (Å²) in [5.41, 5.74) is -3.06. The lowest BCUT2D eigenvalue weighted by Gasteiger charge is -2.54. The third-order valence-electron chi connectivity index (χ3n) is 6.82. The monoisotopic (exact) mass is 489 g/mol. The molecule has 2 heterocycles. The van der Waals surface area contributed by atoms with E-state index < -0.39 is 55.7 Å². The molecule has 0 radical (unpaired) electrons. The zero-order valence-electron chi connectivity index (χ0n) is 18.1. The van der Waals surface area contributed by atoms with Crippen LogP contribution in [0.5, 0.6) is 0 Å². The Hall–Kier alpha value is -2.54. The van der Waals surface area contributed by atoms with E-state index in [4.69, 9.17) is 5.14 Å². The highest BCUT2D eigenvalue weighted by Crippen LogP contribution is 2.78. The van der Waals surface area contributed by atoms with Crippen molar-refractivity contribution < 1.29 is 30.8 Å². The van der Waals surface area contributed by atoms with Crippen molar-refractivity contribution in [2.45, 2.75) is 63.4 Å². The van der Waals surface area contributed by atoms with Gasteiger partial charge in [0.25, 0.3) is 27.8 Å². The number of nitrogens with two attached hydrogens (primary N) is 1. The second-order valence-corrected chi connectivity index (χ2v) is 10.8. The van der Waals surface area contributed by atoms with Crippen LogP contribution in [-0.2, 0) is 22.5 Å². The molecule has 2 aromatic rings. The molecule has 3 N–H and O–H groups in total. The van der Waals surface area contributed by atoms with E-state index in [-0.39, 0.29) is 23.5 Å². The van der Waals surface area contributed by atoms with Crippen molar-refractivity contribution in [1.82, 2.24) is 14.8 Å². The predicted octanol–water partition coefficient (Wildman–Crippen LogP) is 3.42. The topological polar surface area (TPSA) is 120 Å². The second-order valence-electron chi connectivity index (χ2n) is 9.27. The molecule has 0 aromatic carbocycles. The number of primary sulfonamides is 1. The van der Waals surface area contributed by atoms with Crippen LogP contribution in [0, 0.1) is 17.8 Å². The Bertz CT molecular complexity index is 1250. The Morgan fingerprint density at radius 2 is 1.97 bits per heavy atom. The average molecular weight is 489 g/mol. The van der Waals surface area contributed by atoms with Crippen LogP contribution in [0.15, 0.2) is 23.4 Å². The molecule has 13 heteroatoms. The number of anilines is 1. The number of alkyl halides is 4. The maximum Gasteiger partial charge on any atom is 0.289 e. The molecule has 2 aromatic heterocycles. The quantitative estimate of drug-likeness (QED) is 0.603. The van der Waals surface area contributed by atoms with Crippen molar-refractivity contribution in [2.75, 3.05) is 5.32 Å². The lowest BCUT2D eigenvalue weighted by atomic mass is 9.55. The van der Waals surface area contributed by atoms with Crippen molar-refractivity contribution in [3.05, 3.63) is 35.3 Å². The Balaban J connectivity index is 1.71. The van der Waals surface area contributed by atoms with Gasteiger partial charge in [-0.25, -0.2) is 27.3 Å². The van der Waals surface area contributed by atoms with E-state index in [1.54, 1.807) is 6.92 Å². The van der Waals surface area contributed by atoms with Crippen LogP contribution in [0.4, 0.5) is 23.2 Å². The molecule has 1 atom stereocenters. The van der Waals surface area contributed by atoms with Crippen LogP contribution in [-0.4, -0.2) is 35.0 Å². The summed E-state index contributed by atoms with van der Waals surface area (Å²) in [5, 5.41) is 10.9. The maximum absolute atomic E-state index is 14.2. The summed E-state index contributed by atoms with van der Waals surface area (Å²) in [7, 11) is -4.14. The molecular formula is C20H23F4N5O3S. The number of pyridine rings is 1. The first-order valence-corrected chi connectivity index (χ1v) is 11.7. The Kier molecular flexibility index (Phi) is 5.00. The SMILES string of the molecule is Cc1c(C(C)(F)F)nn(CC2(C)CC(F)(F)C23CC3)c1C(=O)Nc1ccnc(S(N)(=O)=O)c1. The van der Waals surface area contributed by atoms with E-state index in [0.29, 0.717) is 19.8 Å². The molecule has 1 unspecified atom stereocenters. The lowest BCUT2D eigenvalue weighted by Crippen LogP contribution is -2.59. The van der Waals surface area contributed by atoms with Crippen LogP contribution in [0.2, 0.25) is 0 Å². The van der Waals surface area contributed by atoms with Crippen LogP contribution < -0.4 is 10.5 Å². The minimum atomic E-state index is -4.14. The van der Waals surface area contributed by atoms with E-state index in [1.807, 2.05) is 0 Å². The molecule has 2 saturated carbocycles. The molecular weight excluding hydrogens is 466 g/mol. The van der Waals surface area contributed by atoms with Gasteiger partial charge in [0.15, 0.2) is 5.03 Å². The molecule has 33 heavy (non-hydrogen) atoms. The Morgan fingerprint density at radius 3 is 2.48 bits per heavy atom. The second kappa shape index (κ2) is 6.98. The number of nitrogens with zero attached hydrogens (tertiary/aromatic N) is 3. The van der Waals surface area contributed by atoms with Crippen molar-refractivity contribution in [1.29, 1.82) is 0 Å². The molecule has 1 spiro atoms. The number of sulfonamides is 1. The molecule has 4 rings (SSSR count). The summed E-state index contributed by atoms with van der Waals surface area (Å²) < 4.78 is 80.9. The smallest absolute Gasteiger partial charge is 0.289 e. The molecule has 0 aliphatic heterocycles. The standard InChI is InChI=1S/C20H23F4N5O3S/c1-11-14(16(30)27-12-4-7-26-13(8-12)33(25,31)32)29(28-15(11)18(3,21)22)10-17(2)9-20(23,24)19(17)5-6-19/h4,7-8H,5-6,9-10H2,1-3H3,(H2,25,31,32)(H,26,27,30). The zero-order chi connectivity index (χ0) is 24.6. The van der Waals surface area contributed by atoms with Gasteiger partial charge >= 0.3 is 0 Å². The van der Waals surface area contributed by atoms with E-state index in [2.05, 4.69) is 15.4 Å². The third kappa shape index (κ3) is 3.70. The van der Waals surface area contributed by atoms with E-state index in [9.17, 15) is 30.8 Å². The average Bonchev–Trinajstić information content (AvgIpc) is 3.43. The predicted molar refractivity (Wildman–Crippen MR) is 109 cm³/mol. The third-order valence-corrected chi connectivity index (χ3v) is 7.63. The largest absolute Gasteiger partial charge is 0.321 e. The summed E-state index contributed by atoms with van der Waals surface area (Å²) >= 11 is 0. The van der Waals surface area contributed by atoms with Gasteiger partial charge in [-0.05, 0) is 25.8 Å². The molecule has 0 bridgehead atoms. The number of nitrogens with one attached hydrogen (secondary N) is 1. The van der Waals surface area contributed by atoms with Crippen molar-refractivity contribution >= 4 is 21.6 Å².